The first-order valence-corrected chi connectivity index (χ1v) is 4.20. The van der Waals surface area contributed by atoms with Gasteiger partial charge in [-0.05, 0) is 26.4 Å². The monoisotopic (exact) mass is 161 g/mol. The van der Waals surface area contributed by atoms with Gasteiger partial charge in [-0.1, -0.05) is 6.42 Å². The molecule has 0 amide bonds. The van der Waals surface area contributed by atoms with Crippen LogP contribution in [0.25, 0.3) is 0 Å². The Bertz CT molecular complexity index is 117. The van der Waals surface area contributed by atoms with Gasteiger partial charge >= 0.3 is 0 Å². The van der Waals surface area contributed by atoms with Crippen LogP contribution in [0.15, 0.2) is 0 Å². The number of alkyl halides is 1. The van der Waals surface area contributed by atoms with Crippen LogP contribution in [0.5, 0.6) is 0 Å². The molecule has 1 aliphatic heterocycles. The lowest BCUT2D eigenvalue weighted by Gasteiger charge is -2.34. The van der Waals surface area contributed by atoms with Gasteiger partial charge in [0, 0.05) is 6.04 Å². The van der Waals surface area contributed by atoms with E-state index in [-0.39, 0.29) is 6.04 Å². The molecule has 0 aromatic heterocycles. The average molecular weight is 161 g/mol. The van der Waals surface area contributed by atoms with E-state index >= 15 is 0 Å². The smallest absolute Gasteiger partial charge is 0.117 e. The van der Waals surface area contributed by atoms with Crippen molar-refractivity contribution in [3.63, 3.8) is 0 Å². The Labute approximate surface area is 67.0 Å². The number of nitrogens with zero attached hydrogens (tertiary/aromatic N) is 1. The Balaban J connectivity index is 2.40. The molecule has 11 heavy (non-hydrogen) atoms. The highest BCUT2D eigenvalue weighted by Gasteiger charge is 2.25. The van der Waals surface area contributed by atoms with E-state index in [9.17, 15) is 9.50 Å². The quantitative estimate of drug-likeness (QED) is 0.647. The van der Waals surface area contributed by atoms with E-state index < -0.39 is 12.8 Å². The second kappa shape index (κ2) is 4.02. The van der Waals surface area contributed by atoms with Gasteiger partial charge in [-0.15, -0.1) is 0 Å². The summed E-state index contributed by atoms with van der Waals surface area (Å²) in [5, 5.41) is 9.24. The fourth-order valence-corrected chi connectivity index (χ4v) is 1.69. The Morgan fingerprint density at radius 1 is 1.64 bits per heavy atom. The van der Waals surface area contributed by atoms with E-state index in [4.69, 9.17) is 0 Å². The number of rotatable bonds is 2. The number of aliphatic hydroxyl groups is 1. The third kappa shape index (κ3) is 2.14. The lowest BCUT2D eigenvalue weighted by Crippen LogP contribution is -2.45. The van der Waals surface area contributed by atoms with E-state index in [0.717, 1.165) is 19.4 Å². The molecule has 0 aliphatic carbocycles. The van der Waals surface area contributed by atoms with Crippen LogP contribution in [-0.2, 0) is 0 Å². The van der Waals surface area contributed by atoms with Crippen molar-refractivity contribution in [1.82, 2.24) is 4.90 Å². The number of piperidine rings is 1. The molecular formula is C8H16FNO. The molecule has 1 rings (SSSR count). The molecule has 0 spiro atoms. The molecule has 0 radical (unpaired) electrons. The fourth-order valence-electron chi connectivity index (χ4n) is 1.69. The van der Waals surface area contributed by atoms with Crippen molar-refractivity contribution in [3.8, 4) is 0 Å². The number of likely N-dealkylation sites (N-methyl/N-ethyl adjacent to an activating group) is 1. The first-order valence-electron chi connectivity index (χ1n) is 4.20. The maximum atomic E-state index is 12.1. The second-order valence-corrected chi connectivity index (χ2v) is 3.27. The molecule has 0 aromatic carbocycles. The first-order chi connectivity index (χ1) is 5.25. The molecule has 0 saturated carbocycles. The zero-order valence-corrected chi connectivity index (χ0v) is 6.96. The van der Waals surface area contributed by atoms with Crippen LogP contribution in [0.1, 0.15) is 19.3 Å². The van der Waals surface area contributed by atoms with Crippen molar-refractivity contribution in [2.75, 3.05) is 20.3 Å². The Kier molecular flexibility index (Phi) is 3.27. The van der Waals surface area contributed by atoms with Crippen LogP contribution in [0.3, 0.4) is 0 Å². The number of halogens is 1. The molecule has 1 fully saturated rings. The number of likely N-dealkylation sites (tertiary alicyclic amines) is 1. The third-order valence-corrected chi connectivity index (χ3v) is 2.43. The molecule has 2 nitrogen and oxygen atoms in total. The van der Waals surface area contributed by atoms with Crippen molar-refractivity contribution >= 4 is 0 Å². The minimum atomic E-state index is -0.778. The normalized spacial score (nSPS) is 30.3. The average Bonchev–Trinajstić information content (AvgIpc) is 2.04. The van der Waals surface area contributed by atoms with Gasteiger partial charge in [0.1, 0.15) is 6.67 Å². The summed E-state index contributed by atoms with van der Waals surface area (Å²) in [7, 11) is 1.95. The van der Waals surface area contributed by atoms with E-state index in [1.807, 2.05) is 11.9 Å². The van der Waals surface area contributed by atoms with Crippen LogP contribution >= 0.6 is 0 Å². The molecule has 2 unspecified atom stereocenters. The van der Waals surface area contributed by atoms with Crippen molar-refractivity contribution in [2.45, 2.75) is 31.4 Å². The summed E-state index contributed by atoms with van der Waals surface area (Å²) >= 11 is 0. The lowest BCUT2D eigenvalue weighted by molar-refractivity contribution is 0.0258. The van der Waals surface area contributed by atoms with Crippen LogP contribution in [0, 0.1) is 0 Å². The molecule has 3 heteroatoms. The van der Waals surface area contributed by atoms with Gasteiger partial charge < -0.3 is 10.0 Å². The van der Waals surface area contributed by atoms with Gasteiger partial charge in [-0.25, -0.2) is 4.39 Å². The molecule has 66 valence electrons. The molecule has 1 saturated heterocycles. The summed E-state index contributed by atoms with van der Waals surface area (Å²) < 4.78 is 12.1. The van der Waals surface area contributed by atoms with E-state index in [1.165, 1.54) is 6.42 Å². The van der Waals surface area contributed by atoms with E-state index in [1.54, 1.807) is 0 Å². The highest BCUT2D eigenvalue weighted by molar-refractivity contribution is 4.80. The van der Waals surface area contributed by atoms with Crippen molar-refractivity contribution in [2.24, 2.45) is 0 Å². The van der Waals surface area contributed by atoms with Gasteiger partial charge in [-0.3, -0.25) is 0 Å². The maximum absolute atomic E-state index is 12.1. The first kappa shape index (κ1) is 8.94. The van der Waals surface area contributed by atoms with Gasteiger partial charge in [0.05, 0.1) is 6.10 Å². The van der Waals surface area contributed by atoms with Crippen molar-refractivity contribution in [3.05, 3.63) is 0 Å². The molecular weight excluding hydrogens is 145 g/mol. The predicted octanol–water partition coefficient (Wildman–Crippen LogP) is 0.801. The molecule has 0 bridgehead atoms. The summed E-state index contributed by atoms with van der Waals surface area (Å²) in [6, 6.07) is 0.0498. The standard InChI is InChI=1S/C8H16FNO/c1-10-5-3-2-4-7(10)8(11)6-9/h7-8,11H,2-6H2,1H3. The zero-order valence-electron chi connectivity index (χ0n) is 6.96. The number of aliphatic hydroxyl groups excluding tert-OH is 1. The third-order valence-electron chi connectivity index (χ3n) is 2.43. The highest BCUT2D eigenvalue weighted by Crippen LogP contribution is 2.17. The van der Waals surface area contributed by atoms with Crippen molar-refractivity contribution < 1.29 is 9.50 Å². The molecule has 1 aliphatic rings. The largest absolute Gasteiger partial charge is 0.389 e. The number of hydrogen-bond donors (Lipinski definition) is 1. The number of hydrogen-bond acceptors (Lipinski definition) is 2. The fraction of sp³-hybridized carbons (Fsp3) is 1.00. The summed E-state index contributed by atoms with van der Waals surface area (Å²) in [6.07, 6.45) is 2.44. The van der Waals surface area contributed by atoms with Crippen LogP contribution in [0.4, 0.5) is 4.39 Å². The van der Waals surface area contributed by atoms with Crippen LogP contribution in [0.2, 0.25) is 0 Å². The van der Waals surface area contributed by atoms with Gasteiger partial charge in [0.2, 0.25) is 0 Å². The lowest BCUT2D eigenvalue weighted by atomic mass is 9.99. The summed E-state index contributed by atoms with van der Waals surface area (Å²) in [6.45, 7) is 0.372. The predicted molar refractivity (Wildman–Crippen MR) is 42.3 cm³/mol. The van der Waals surface area contributed by atoms with Crippen LogP contribution in [-0.4, -0.2) is 42.4 Å². The van der Waals surface area contributed by atoms with Gasteiger partial charge in [0.25, 0.3) is 0 Å². The molecule has 2 atom stereocenters. The Morgan fingerprint density at radius 3 is 2.91 bits per heavy atom. The van der Waals surface area contributed by atoms with E-state index in [0.29, 0.717) is 0 Å². The summed E-state index contributed by atoms with van der Waals surface area (Å²) in [4.78, 5) is 2.05. The molecule has 1 heterocycles. The Morgan fingerprint density at radius 2 is 2.36 bits per heavy atom. The molecule has 0 aromatic rings. The zero-order chi connectivity index (χ0) is 8.27. The topological polar surface area (TPSA) is 23.5 Å². The van der Waals surface area contributed by atoms with E-state index in [2.05, 4.69) is 0 Å². The summed E-state index contributed by atoms with van der Waals surface area (Å²) in [5.74, 6) is 0. The maximum Gasteiger partial charge on any atom is 0.117 e. The van der Waals surface area contributed by atoms with Gasteiger partial charge in [-0.2, -0.15) is 0 Å². The minimum absolute atomic E-state index is 0.0498. The van der Waals surface area contributed by atoms with Crippen LogP contribution < -0.4 is 0 Å². The summed E-state index contributed by atoms with van der Waals surface area (Å²) in [5.41, 5.74) is 0. The van der Waals surface area contributed by atoms with Crippen molar-refractivity contribution in [1.29, 1.82) is 0 Å². The highest BCUT2D eigenvalue weighted by atomic mass is 19.1. The molecule has 1 N–H and O–H groups in total. The van der Waals surface area contributed by atoms with Gasteiger partial charge in [0.15, 0.2) is 0 Å². The second-order valence-electron chi connectivity index (χ2n) is 3.27. The minimum Gasteiger partial charge on any atom is -0.389 e. The Hall–Kier alpha value is -0.150. The SMILES string of the molecule is CN1CCCCC1C(O)CF.